The lowest BCUT2D eigenvalue weighted by atomic mass is 10.1. The molecule has 0 spiro atoms. The number of hydrogen-bond acceptors (Lipinski definition) is 3. The summed E-state index contributed by atoms with van der Waals surface area (Å²) in [6, 6.07) is 0. The first-order valence-corrected chi connectivity index (χ1v) is 5.25. The van der Waals surface area contributed by atoms with E-state index in [4.69, 9.17) is 9.84 Å². The van der Waals surface area contributed by atoms with E-state index in [9.17, 15) is 4.79 Å². The van der Waals surface area contributed by atoms with Crippen molar-refractivity contribution in [3.63, 3.8) is 0 Å². The van der Waals surface area contributed by atoms with E-state index < -0.39 is 5.97 Å². The standard InChI is InChI=1S/C10H19NO3/c1-8(10(12)13)4-5-11-7-9-3-2-6-14-9/h8-9,11H,2-7H2,1H3,(H,12,13). The highest BCUT2D eigenvalue weighted by Crippen LogP contribution is 2.10. The minimum absolute atomic E-state index is 0.257. The normalized spacial score (nSPS) is 23.6. The SMILES string of the molecule is CC(CCNCC1CCCO1)C(=O)O. The first-order valence-electron chi connectivity index (χ1n) is 5.25. The van der Waals surface area contributed by atoms with Crippen molar-refractivity contribution in [3.05, 3.63) is 0 Å². The maximum Gasteiger partial charge on any atom is 0.306 e. The summed E-state index contributed by atoms with van der Waals surface area (Å²) in [5.41, 5.74) is 0. The van der Waals surface area contributed by atoms with Crippen molar-refractivity contribution < 1.29 is 14.6 Å². The van der Waals surface area contributed by atoms with Gasteiger partial charge >= 0.3 is 5.97 Å². The highest BCUT2D eigenvalue weighted by atomic mass is 16.5. The van der Waals surface area contributed by atoms with Crippen molar-refractivity contribution in [2.24, 2.45) is 5.92 Å². The molecule has 1 heterocycles. The van der Waals surface area contributed by atoms with E-state index in [-0.39, 0.29) is 5.92 Å². The van der Waals surface area contributed by atoms with Crippen molar-refractivity contribution in [2.45, 2.75) is 32.3 Å². The number of carboxylic acid groups (broad SMARTS) is 1. The smallest absolute Gasteiger partial charge is 0.306 e. The van der Waals surface area contributed by atoms with Crippen LogP contribution in [0.3, 0.4) is 0 Å². The van der Waals surface area contributed by atoms with Gasteiger partial charge in [-0.05, 0) is 25.8 Å². The highest BCUT2D eigenvalue weighted by molar-refractivity contribution is 5.69. The Bertz CT molecular complexity index is 178. The second-order valence-corrected chi connectivity index (χ2v) is 3.87. The molecule has 0 aromatic carbocycles. The third kappa shape index (κ3) is 4.07. The van der Waals surface area contributed by atoms with Gasteiger partial charge in [0.15, 0.2) is 0 Å². The van der Waals surface area contributed by atoms with E-state index in [1.165, 1.54) is 0 Å². The van der Waals surface area contributed by atoms with E-state index in [0.29, 0.717) is 12.5 Å². The molecule has 4 nitrogen and oxygen atoms in total. The van der Waals surface area contributed by atoms with E-state index in [1.807, 2.05) is 0 Å². The van der Waals surface area contributed by atoms with Crippen LogP contribution >= 0.6 is 0 Å². The maximum absolute atomic E-state index is 10.5. The van der Waals surface area contributed by atoms with Gasteiger partial charge in [-0.25, -0.2) is 0 Å². The van der Waals surface area contributed by atoms with Crippen LogP contribution < -0.4 is 5.32 Å². The van der Waals surface area contributed by atoms with Gasteiger partial charge in [0.2, 0.25) is 0 Å². The summed E-state index contributed by atoms with van der Waals surface area (Å²) in [6.07, 6.45) is 3.30. The second-order valence-electron chi connectivity index (χ2n) is 3.87. The molecule has 2 N–H and O–H groups in total. The number of nitrogens with one attached hydrogen (secondary N) is 1. The zero-order valence-electron chi connectivity index (χ0n) is 8.66. The van der Waals surface area contributed by atoms with Gasteiger partial charge in [0, 0.05) is 13.2 Å². The van der Waals surface area contributed by atoms with Crippen LogP contribution in [0.1, 0.15) is 26.2 Å². The molecule has 0 aromatic rings. The lowest BCUT2D eigenvalue weighted by molar-refractivity contribution is -0.141. The predicted molar refractivity (Wildman–Crippen MR) is 53.3 cm³/mol. The number of ether oxygens (including phenoxy) is 1. The molecule has 2 atom stereocenters. The summed E-state index contributed by atoms with van der Waals surface area (Å²) in [4.78, 5) is 10.5. The molecule has 0 bridgehead atoms. The fourth-order valence-corrected chi connectivity index (χ4v) is 1.51. The van der Waals surface area contributed by atoms with E-state index in [0.717, 1.165) is 32.5 Å². The Hall–Kier alpha value is -0.610. The Labute approximate surface area is 84.6 Å². The molecular formula is C10H19NO3. The average molecular weight is 201 g/mol. The Balaban J connectivity index is 1.95. The molecule has 14 heavy (non-hydrogen) atoms. The monoisotopic (exact) mass is 201 g/mol. The zero-order valence-corrected chi connectivity index (χ0v) is 8.66. The molecule has 0 amide bonds. The first-order chi connectivity index (χ1) is 6.70. The van der Waals surface area contributed by atoms with Crippen LogP contribution in [0.5, 0.6) is 0 Å². The Morgan fingerprint density at radius 2 is 2.50 bits per heavy atom. The second kappa shape index (κ2) is 5.98. The summed E-state index contributed by atoms with van der Waals surface area (Å²) in [5.74, 6) is -0.976. The molecule has 1 rings (SSSR count). The van der Waals surface area contributed by atoms with Crippen LogP contribution in [0.2, 0.25) is 0 Å². The number of carbonyl (C=O) groups is 1. The Morgan fingerprint density at radius 3 is 3.07 bits per heavy atom. The highest BCUT2D eigenvalue weighted by Gasteiger charge is 2.15. The predicted octanol–water partition coefficient (Wildman–Crippen LogP) is 0.866. The fraction of sp³-hybridized carbons (Fsp3) is 0.900. The third-order valence-corrected chi connectivity index (χ3v) is 2.57. The van der Waals surface area contributed by atoms with Crippen molar-refractivity contribution in [3.8, 4) is 0 Å². The lowest BCUT2D eigenvalue weighted by Gasteiger charge is -2.11. The van der Waals surface area contributed by atoms with Crippen LogP contribution in [0, 0.1) is 5.92 Å². The van der Waals surface area contributed by atoms with Crippen LogP contribution in [0.4, 0.5) is 0 Å². The molecule has 0 saturated carbocycles. The van der Waals surface area contributed by atoms with Crippen molar-refractivity contribution in [1.82, 2.24) is 5.32 Å². The molecule has 4 heteroatoms. The van der Waals surface area contributed by atoms with Gasteiger partial charge in [-0.15, -0.1) is 0 Å². The van der Waals surface area contributed by atoms with Crippen molar-refractivity contribution in [1.29, 1.82) is 0 Å². The zero-order chi connectivity index (χ0) is 10.4. The molecule has 1 saturated heterocycles. The quantitative estimate of drug-likeness (QED) is 0.626. The maximum atomic E-state index is 10.5. The summed E-state index contributed by atoms with van der Waals surface area (Å²) in [6.45, 7) is 4.22. The lowest BCUT2D eigenvalue weighted by Crippen LogP contribution is -2.28. The van der Waals surface area contributed by atoms with Gasteiger partial charge < -0.3 is 15.2 Å². The minimum atomic E-state index is -0.719. The molecule has 0 aromatic heterocycles. The molecule has 1 aliphatic rings. The number of aliphatic carboxylic acids is 1. The van der Waals surface area contributed by atoms with Crippen LogP contribution in [0.25, 0.3) is 0 Å². The summed E-state index contributed by atoms with van der Waals surface area (Å²) in [5, 5.41) is 11.9. The summed E-state index contributed by atoms with van der Waals surface area (Å²) >= 11 is 0. The van der Waals surface area contributed by atoms with Crippen molar-refractivity contribution >= 4 is 5.97 Å². The first kappa shape index (κ1) is 11.5. The summed E-state index contributed by atoms with van der Waals surface area (Å²) in [7, 11) is 0. The van der Waals surface area contributed by atoms with Gasteiger partial charge in [-0.3, -0.25) is 4.79 Å². The van der Waals surface area contributed by atoms with Crippen molar-refractivity contribution in [2.75, 3.05) is 19.7 Å². The van der Waals surface area contributed by atoms with Crippen LogP contribution in [0.15, 0.2) is 0 Å². The molecular weight excluding hydrogens is 182 g/mol. The van der Waals surface area contributed by atoms with Crippen LogP contribution in [-0.2, 0) is 9.53 Å². The van der Waals surface area contributed by atoms with Gasteiger partial charge in [0.05, 0.1) is 12.0 Å². The Kier molecular flexibility index (Phi) is 4.90. The van der Waals surface area contributed by atoms with E-state index >= 15 is 0 Å². The van der Waals surface area contributed by atoms with Gasteiger partial charge in [0.25, 0.3) is 0 Å². The largest absolute Gasteiger partial charge is 0.481 e. The fourth-order valence-electron chi connectivity index (χ4n) is 1.51. The molecule has 0 aliphatic carbocycles. The van der Waals surface area contributed by atoms with Gasteiger partial charge in [-0.1, -0.05) is 6.92 Å². The van der Waals surface area contributed by atoms with Gasteiger partial charge in [-0.2, -0.15) is 0 Å². The van der Waals surface area contributed by atoms with E-state index in [2.05, 4.69) is 5.32 Å². The number of rotatable bonds is 6. The minimum Gasteiger partial charge on any atom is -0.481 e. The van der Waals surface area contributed by atoms with Gasteiger partial charge in [0.1, 0.15) is 0 Å². The Morgan fingerprint density at radius 1 is 1.71 bits per heavy atom. The average Bonchev–Trinajstić information content (AvgIpc) is 2.64. The van der Waals surface area contributed by atoms with Crippen LogP contribution in [-0.4, -0.2) is 36.9 Å². The number of carboxylic acids is 1. The molecule has 1 aliphatic heterocycles. The molecule has 82 valence electrons. The third-order valence-electron chi connectivity index (χ3n) is 2.57. The number of hydrogen-bond donors (Lipinski definition) is 2. The summed E-state index contributed by atoms with van der Waals surface area (Å²) < 4.78 is 5.43. The molecule has 1 fully saturated rings. The topological polar surface area (TPSA) is 58.6 Å². The van der Waals surface area contributed by atoms with E-state index in [1.54, 1.807) is 6.92 Å². The molecule has 0 radical (unpaired) electrons. The molecule has 2 unspecified atom stereocenters.